The average molecular weight is 594 g/mol. The van der Waals surface area contributed by atoms with E-state index in [4.69, 9.17) is 0 Å². The lowest BCUT2D eigenvalue weighted by atomic mass is 10.1. The third kappa shape index (κ3) is 9.63. The average Bonchev–Trinajstić information content (AvgIpc) is 3.56. The van der Waals surface area contributed by atoms with E-state index >= 15 is 0 Å². The number of carbonyl (C=O) groups is 3. The number of carbonyl (C=O) groups excluding carboxylic acids is 3. The zero-order valence-electron chi connectivity index (χ0n) is 25.3. The predicted octanol–water partition coefficient (Wildman–Crippen LogP) is 6.29. The predicted molar refractivity (Wildman–Crippen MR) is 163 cm³/mol. The van der Waals surface area contributed by atoms with Gasteiger partial charge < -0.3 is 20.1 Å². The highest BCUT2D eigenvalue weighted by atomic mass is 19.1. The van der Waals surface area contributed by atoms with E-state index in [0.717, 1.165) is 48.6 Å². The maximum absolute atomic E-state index is 14.3. The molecular weight excluding hydrogens is 552 g/mol. The molecule has 8 nitrogen and oxygen atoms in total. The molecule has 4 rings (SSSR count). The van der Waals surface area contributed by atoms with Crippen molar-refractivity contribution < 1.29 is 23.2 Å². The van der Waals surface area contributed by atoms with E-state index in [9.17, 15) is 28.4 Å². The molecule has 2 atom stereocenters. The van der Waals surface area contributed by atoms with E-state index in [1.165, 1.54) is 15.9 Å². The van der Waals surface area contributed by atoms with Crippen LogP contribution in [0.15, 0.2) is 42.5 Å². The Hall–Kier alpha value is -4.26. The molecule has 1 aliphatic heterocycles. The maximum atomic E-state index is 14.3. The minimum atomic E-state index is -0.777. The summed E-state index contributed by atoms with van der Waals surface area (Å²) in [6.07, 6.45) is 4.31. The van der Waals surface area contributed by atoms with Crippen molar-refractivity contribution >= 4 is 34.8 Å². The highest BCUT2D eigenvalue weighted by molar-refractivity contribution is 5.99. The van der Waals surface area contributed by atoms with Gasteiger partial charge in [0.25, 0.3) is 5.91 Å². The minimum absolute atomic E-state index is 0.0675. The summed E-state index contributed by atoms with van der Waals surface area (Å²) in [4.78, 5) is 42.9. The molecule has 0 saturated carbocycles. The first-order valence-corrected chi connectivity index (χ1v) is 14.8. The zero-order valence-corrected chi connectivity index (χ0v) is 25.3. The Morgan fingerprint density at radius 3 is 2.49 bits per heavy atom. The third-order valence-corrected chi connectivity index (χ3v) is 7.05. The molecule has 1 saturated heterocycles. The van der Waals surface area contributed by atoms with Crippen LogP contribution in [-0.2, 0) is 16.0 Å². The van der Waals surface area contributed by atoms with Gasteiger partial charge in [0, 0.05) is 30.2 Å². The van der Waals surface area contributed by atoms with Crippen molar-refractivity contribution in [2.75, 3.05) is 25.0 Å². The van der Waals surface area contributed by atoms with Gasteiger partial charge in [-0.05, 0) is 67.3 Å². The normalized spacial score (nSPS) is 16.0. The number of fused-ring (bicyclic) bond motifs is 1. The van der Waals surface area contributed by atoms with Crippen LogP contribution in [0, 0.1) is 34.8 Å². The van der Waals surface area contributed by atoms with E-state index in [2.05, 4.69) is 37.1 Å². The lowest BCUT2D eigenvalue weighted by Gasteiger charge is -2.26. The molecule has 0 spiro atoms. The first kappa shape index (κ1) is 33.2. The van der Waals surface area contributed by atoms with Crippen LogP contribution < -0.4 is 5.32 Å². The fourth-order valence-corrected chi connectivity index (χ4v) is 5.04. The number of rotatable bonds is 11. The monoisotopic (exact) mass is 593 g/mol. The highest BCUT2D eigenvalue weighted by Gasteiger charge is 2.34. The third-order valence-electron chi connectivity index (χ3n) is 7.05. The Labute approximate surface area is 252 Å². The molecule has 2 N–H and O–H groups in total. The van der Waals surface area contributed by atoms with Gasteiger partial charge in [-0.3, -0.25) is 14.4 Å². The van der Waals surface area contributed by atoms with Crippen LogP contribution >= 0.6 is 0 Å². The molecule has 10 heteroatoms. The molecule has 2 unspecified atom stereocenters. The number of halogens is 2. The number of amides is 3. The molecule has 43 heavy (non-hydrogen) atoms. The van der Waals surface area contributed by atoms with Crippen molar-refractivity contribution in [3.8, 4) is 6.07 Å². The van der Waals surface area contributed by atoms with Crippen molar-refractivity contribution in [3.05, 3.63) is 65.4 Å². The van der Waals surface area contributed by atoms with Crippen molar-refractivity contribution in [3.63, 3.8) is 0 Å². The summed E-state index contributed by atoms with van der Waals surface area (Å²) in [5.41, 5.74) is 2.07. The Bertz CT molecular complexity index is 1430. The molecule has 1 fully saturated rings. The van der Waals surface area contributed by atoms with Gasteiger partial charge >= 0.3 is 0 Å². The Balaban J connectivity index is 0.00000119. The molecule has 0 bridgehead atoms. The van der Waals surface area contributed by atoms with Crippen LogP contribution in [0.3, 0.4) is 0 Å². The number of unbranched alkanes of at least 4 members (excludes halogenated alkanes) is 2. The highest BCUT2D eigenvalue weighted by Crippen LogP contribution is 2.24. The van der Waals surface area contributed by atoms with Crippen molar-refractivity contribution in [2.45, 2.75) is 65.8 Å². The van der Waals surface area contributed by atoms with E-state index in [-0.39, 0.29) is 35.0 Å². The van der Waals surface area contributed by atoms with Crippen LogP contribution in [-0.4, -0.2) is 58.7 Å². The van der Waals surface area contributed by atoms with Gasteiger partial charge in [0.15, 0.2) is 0 Å². The van der Waals surface area contributed by atoms with Gasteiger partial charge in [0.1, 0.15) is 29.9 Å². The molecule has 1 aromatic heterocycles. The minimum Gasteiger partial charge on any atom is -0.350 e. The molecule has 230 valence electrons. The molecule has 0 radical (unpaired) electrons. The lowest BCUT2D eigenvalue weighted by Crippen LogP contribution is -2.45. The van der Waals surface area contributed by atoms with E-state index in [1.807, 2.05) is 31.2 Å². The second-order valence-electron chi connectivity index (χ2n) is 11.8. The number of nitriles is 1. The van der Waals surface area contributed by atoms with Crippen LogP contribution in [0.5, 0.6) is 0 Å². The molecule has 2 aromatic carbocycles. The first-order valence-electron chi connectivity index (χ1n) is 14.8. The molecule has 0 aliphatic carbocycles. The topological polar surface area (TPSA) is 109 Å². The molecule has 1 aliphatic rings. The fraction of sp³-hybridized carbons (Fsp3) is 0.455. The number of nitrogens with one attached hydrogen (secondary N) is 2. The van der Waals surface area contributed by atoms with Crippen molar-refractivity contribution in [1.82, 2.24) is 14.8 Å². The van der Waals surface area contributed by atoms with E-state index < -0.39 is 23.6 Å². The van der Waals surface area contributed by atoms with Crippen molar-refractivity contribution in [1.29, 1.82) is 5.26 Å². The van der Waals surface area contributed by atoms with Crippen LogP contribution in [0.25, 0.3) is 10.9 Å². The number of nitrogens with zero attached hydrogens (tertiary/aromatic N) is 3. The van der Waals surface area contributed by atoms with Gasteiger partial charge in [-0.1, -0.05) is 46.2 Å². The SMILES string of the molecule is CC(C)C.CC1CC(C#N)N(C(=O)CN(CCCCCc2ccc(NC=O)cc2)C(=O)c2cc3c(F)cc(F)cc3[nH]2)C1. The Kier molecular flexibility index (Phi) is 12.2. The quantitative estimate of drug-likeness (QED) is 0.201. The summed E-state index contributed by atoms with van der Waals surface area (Å²) in [6.45, 7) is 9.02. The Morgan fingerprint density at radius 1 is 1.14 bits per heavy atom. The number of hydrogen-bond acceptors (Lipinski definition) is 4. The van der Waals surface area contributed by atoms with E-state index in [0.29, 0.717) is 32.3 Å². The number of aromatic nitrogens is 1. The number of benzene rings is 2. The summed E-state index contributed by atoms with van der Waals surface area (Å²) in [5.74, 6) is -1.30. The first-order chi connectivity index (χ1) is 20.5. The lowest BCUT2D eigenvalue weighted by molar-refractivity contribution is -0.132. The number of aryl methyl sites for hydroxylation is 1. The van der Waals surface area contributed by atoms with Crippen LogP contribution in [0.1, 0.15) is 69.4 Å². The second-order valence-corrected chi connectivity index (χ2v) is 11.8. The summed E-state index contributed by atoms with van der Waals surface area (Å²) in [5, 5.41) is 12.2. The number of aromatic amines is 1. The summed E-state index contributed by atoms with van der Waals surface area (Å²) in [7, 11) is 0. The largest absolute Gasteiger partial charge is 0.350 e. The van der Waals surface area contributed by atoms with Crippen molar-refractivity contribution in [2.24, 2.45) is 11.8 Å². The van der Waals surface area contributed by atoms with E-state index in [1.54, 1.807) is 0 Å². The fourth-order valence-electron chi connectivity index (χ4n) is 5.04. The van der Waals surface area contributed by atoms with Gasteiger partial charge in [-0.25, -0.2) is 8.78 Å². The number of H-pyrrole nitrogens is 1. The Morgan fingerprint density at radius 2 is 1.84 bits per heavy atom. The van der Waals surface area contributed by atoms with Gasteiger partial charge in [-0.2, -0.15) is 5.26 Å². The standard InChI is InChI=1S/C29H31F2N5O3.C4H10/c1-19-11-23(15-32)36(16-19)28(38)17-35(10-4-2-3-5-20-6-8-22(9-7-20)33-18-37)29(39)27-14-24-25(31)12-21(30)13-26(24)34-27;1-4(2)3/h6-9,12-14,18-19,23,34H,2-5,10-11,16-17H2,1H3,(H,33,37);4H,1-3H3. The zero-order chi connectivity index (χ0) is 31.5. The number of hydrogen-bond donors (Lipinski definition) is 2. The second kappa shape index (κ2) is 15.8. The molecule has 2 heterocycles. The van der Waals surface area contributed by atoms with Gasteiger partial charge in [0.2, 0.25) is 12.3 Å². The maximum Gasteiger partial charge on any atom is 0.270 e. The number of anilines is 1. The smallest absolute Gasteiger partial charge is 0.270 e. The summed E-state index contributed by atoms with van der Waals surface area (Å²) < 4.78 is 27.9. The molecular formula is C33H41F2N5O3. The van der Waals surface area contributed by atoms with Gasteiger partial charge in [0.05, 0.1) is 11.6 Å². The van der Waals surface area contributed by atoms with Crippen LogP contribution in [0.4, 0.5) is 14.5 Å². The molecule has 3 aromatic rings. The summed E-state index contributed by atoms with van der Waals surface area (Å²) in [6, 6.07) is 12.4. The summed E-state index contributed by atoms with van der Waals surface area (Å²) >= 11 is 0. The molecule has 3 amide bonds. The number of likely N-dealkylation sites (tertiary alicyclic amines) is 1. The van der Waals surface area contributed by atoms with Crippen LogP contribution in [0.2, 0.25) is 0 Å². The van der Waals surface area contributed by atoms with Gasteiger partial charge in [-0.15, -0.1) is 0 Å².